The van der Waals surface area contributed by atoms with Crippen LogP contribution in [-0.2, 0) is 17.6 Å². The first-order chi connectivity index (χ1) is 9.20. The molecule has 3 rings (SSSR count). The number of rotatable bonds is 4. The minimum absolute atomic E-state index is 0.188. The van der Waals surface area contributed by atoms with Crippen LogP contribution in [0.3, 0.4) is 0 Å². The molecule has 1 aromatic carbocycles. The lowest BCUT2D eigenvalue weighted by molar-refractivity contribution is -0.117. The van der Waals surface area contributed by atoms with Crippen molar-refractivity contribution in [3.8, 4) is 0 Å². The maximum absolute atomic E-state index is 12.0. The van der Waals surface area contributed by atoms with E-state index in [-0.39, 0.29) is 5.78 Å². The number of aromatic nitrogens is 2. The summed E-state index contributed by atoms with van der Waals surface area (Å²) in [5.74, 6) is 0.188. The van der Waals surface area contributed by atoms with Crippen LogP contribution in [0.5, 0.6) is 0 Å². The van der Waals surface area contributed by atoms with Crippen molar-refractivity contribution in [2.24, 2.45) is 0 Å². The molecule has 0 saturated carbocycles. The summed E-state index contributed by atoms with van der Waals surface area (Å²) >= 11 is 4.96. The standard InChI is InChI=1S/C14H11BrN2OS/c15-11-3-1-10(2-4-11)7-13(18)8-12-9-17-5-6-19-14(17)16-12/h1-6,9H,7-8H2. The van der Waals surface area contributed by atoms with Gasteiger partial charge >= 0.3 is 0 Å². The molecule has 0 N–H and O–H groups in total. The van der Waals surface area contributed by atoms with E-state index in [1.165, 1.54) is 0 Å². The summed E-state index contributed by atoms with van der Waals surface area (Å²) in [6.07, 6.45) is 4.73. The van der Waals surface area contributed by atoms with Gasteiger partial charge in [0.1, 0.15) is 5.78 Å². The van der Waals surface area contributed by atoms with Gasteiger partial charge in [-0.1, -0.05) is 28.1 Å². The van der Waals surface area contributed by atoms with Gasteiger partial charge in [0.2, 0.25) is 0 Å². The highest BCUT2D eigenvalue weighted by Gasteiger charge is 2.09. The summed E-state index contributed by atoms with van der Waals surface area (Å²) < 4.78 is 2.98. The number of carbonyl (C=O) groups is 1. The van der Waals surface area contributed by atoms with Crippen LogP contribution < -0.4 is 0 Å². The van der Waals surface area contributed by atoms with Gasteiger partial charge in [-0.15, -0.1) is 11.3 Å². The molecule has 2 heterocycles. The fraction of sp³-hybridized carbons (Fsp3) is 0.143. The Kier molecular flexibility index (Phi) is 3.48. The van der Waals surface area contributed by atoms with Crippen molar-refractivity contribution in [2.45, 2.75) is 12.8 Å². The van der Waals surface area contributed by atoms with Gasteiger partial charge in [-0.25, -0.2) is 4.98 Å². The number of carbonyl (C=O) groups excluding carboxylic acids is 1. The molecule has 2 aromatic heterocycles. The third-order valence-corrected chi connectivity index (χ3v) is 4.14. The first-order valence-corrected chi connectivity index (χ1v) is 7.55. The second-order valence-electron chi connectivity index (χ2n) is 4.34. The van der Waals surface area contributed by atoms with E-state index in [2.05, 4.69) is 20.9 Å². The molecule has 0 unspecified atom stereocenters. The number of fused-ring (bicyclic) bond motifs is 1. The molecule has 0 spiro atoms. The molecule has 0 aliphatic heterocycles. The lowest BCUT2D eigenvalue weighted by Crippen LogP contribution is -2.06. The third kappa shape index (κ3) is 2.93. The first kappa shape index (κ1) is 12.6. The van der Waals surface area contributed by atoms with Gasteiger partial charge in [-0.2, -0.15) is 0 Å². The van der Waals surface area contributed by atoms with Crippen molar-refractivity contribution in [1.82, 2.24) is 9.38 Å². The van der Waals surface area contributed by atoms with E-state index in [9.17, 15) is 4.79 Å². The summed E-state index contributed by atoms with van der Waals surface area (Å²) in [7, 11) is 0. The maximum Gasteiger partial charge on any atom is 0.193 e. The molecule has 0 aliphatic carbocycles. The Bertz CT molecular complexity index is 686. The van der Waals surface area contributed by atoms with Crippen molar-refractivity contribution in [3.05, 3.63) is 57.8 Å². The van der Waals surface area contributed by atoms with Crippen LogP contribution in [0.2, 0.25) is 0 Å². The first-order valence-electron chi connectivity index (χ1n) is 5.88. The Hall–Kier alpha value is -1.46. The Balaban J connectivity index is 1.68. The summed E-state index contributed by atoms with van der Waals surface area (Å²) in [4.78, 5) is 17.4. The van der Waals surface area contributed by atoms with Crippen molar-refractivity contribution < 1.29 is 4.79 Å². The minimum Gasteiger partial charge on any atom is -0.299 e. The molecule has 19 heavy (non-hydrogen) atoms. The van der Waals surface area contributed by atoms with Gasteiger partial charge in [0, 0.05) is 28.7 Å². The third-order valence-electron chi connectivity index (χ3n) is 2.84. The number of ketones is 1. The molecule has 0 atom stereocenters. The second-order valence-corrected chi connectivity index (χ2v) is 6.13. The number of halogens is 1. The van der Waals surface area contributed by atoms with Crippen molar-refractivity contribution in [1.29, 1.82) is 0 Å². The molecule has 0 radical (unpaired) electrons. The number of thiazole rings is 1. The SMILES string of the molecule is O=C(Cc1ccc(Br)cc1)Cc1cn2ccsc2n1. The predicted molar refractivity (Wildman–Crippen MR) is 79.6 cm³/mol. The van der Waals surface area contributed by atoms with E-state index in [0.717, 1.165) is 20.7 Å². The van der Waals surface area contributed by atoms with Gasteiger partial charge in [0.25, 0.3) is 0 Å². The number of Topliss-reactive ketones (excluding diaryl/α,β-unsaturated/α-hetero) is 1. The highest BCUT2D eigenvalue weighted by molar-refractivity contribution is 9.10. The largest absolute Gasteiger partial charge is 0.299 e. The Labute approximate surface area is 123 Å². The highest BCUT2D eigenvalue weighted by atomic mass is 79.9. The molecular formula is C14H11BrN2OS. The predicted octanol–water partition coefficient (Wildman–Crippen LogP) is 3.51. The van der Waals surface area contributed by atoms with Gasteiger partial charge in [-0.3, -0.25) is 9.20 Å². The van der Waals surface area contributed by atoms with Crippen LogP contribution in [0.4, 0.5) is 0 Å². The van der Waals surface area contributed by atoms with E-state index in [1.807, 2.05) is 46.4 Å². The highest BCUT2D eigenvalue weighted by Crippen LogP contribution is 2.14. The van der Waals surface area contributed by atoms with Crippen LogP contribution in [-0.4, -0.2) is 15.2 Å². The van der Waals surface area contributed by atoms with Crippen LogP contribution in [0.25, 0.3) is 4.96 Å². The normalized spacial score (nSPS) is 11.0. The van der Waals surface area contributed by atoms with Gasteiger partial charge < -0.3 is 0 Å². The Morgan fingerprint density at radius 1 is 1.26 bits per heavy atom. The van der Waals surface area contributed by atoms with Crippen LogP contribution in [0.1, 0.15) is 11.3 Å². The van der Waals surface area contributed by atoms with Crippen LogP contribution in [0, 0.1) is 0 Å². The number of hydrogen-bond donors (Lipinski definition) is 0. The summed E-state index contributed by atoms with van der Waals surface area (Å²) in [5, 5.41) is 1.98. The lowest BCUT2D eigenvalue weighted by Gasteiger charge is -2.00. The molecule has 0 saturated heterocycles. The second kappa shape index (κ2) is 5.27. The molecule has 3 nitrogen and oxygen atoms in total. The average Bonchev–Trinajstić information content (AvgIpc) is 2.92. The molecule has 5 heteroatoms. The van der Waals surface area contributed by atoms with Crippen molar-refractivity contribution >= 4 is 38.0 Å². The van der Waals surface area contributed by atoms with Crippen LogP contribution >= 0.6 is 27.3 Å². The smallest absolute Gasteiger partial charge is 0.193 e. The molecule has 0 aliphatic rings. The quantitative estimate of drug-likeness (QED) is 0.731. The molecule has 0 bridgehead atoms. The molecule has 0 amide bonds. The van der Waals surface area contributed by atoms with E-state index >= 15 is 0 Å². The zero-order valence-electron chi connectivity index (χ0n) is 10.0. The maximum atomic E-state index is 12.0. The Morgan fingerprint density at radius 2 is 2.05 bits per heavy atom. The van der Waals surface area contributed by atoms with Gasteiger partial charge in [0.15, 0.2) is 4.96 Å². The fourth-order valence-corrected chi connectivity index (χ4v) is 2.94. The monoisotopic (exact) mass is 334 g/mol. The topological polar surface area (TPSA) is 34.4 Å². The van der Waals surface area contributed by atoms with Crippen LogP contribution in [0.15, 0.2) is 46.5 Å². The van der Waals surface area contributed by atoms with E-state index in [0.29, 0.717) is 12.8 Å². The van der Waals surface area contributed by atoms with E-state index in [1.54, 1.807) is 11.3 Å². The zero-order valence-corrected chi connectivity index (χ0v) is 12.4. The molecule has 3 aromatic rings. The average molecular weight is 335 g/mol. The lowest BCUT2D eigenvalue weighted by atomic mass is 10.1. The zero-order chi connectivity index (χ0) is 13.2. The van der Waals surface area contributed by atoms with E-state index < -0.39 is 0 Å². The number of nitrogens with zero attached hydrogens (tertiary/aromatic N) is 2. The minimum atomic E-state index is 0.188. The molecular weight excluding hydrogens is 324 g/mol. The number of benzene rings is 1. The van der Waals surface area contributed by atoms with E-state index in [4.69, 9.17) is 0 Å². The summed E-state index contributed by atoms with van der Waals surface area (Å²) in [6.45, 7) is 0. The van der Waals surface area contributed by atoms with Crippen molar-refractivity contribution in [3.63, 3.8) is 0 Å². The molecule has 0 fully saturated rings. The fourth-order valence-electron chi connectivity index (χ4n) is 1.96. The molecule has 96 valence electrons. The number of imidazole rings is 1. The summed E-state index contributed by atoms with van der Waals surface area (Å²) in [5.41, 5.74) is 1.88. The Morgan fingerprint density at radius 3 is 2.79 bits per heavy atom. The number of hydrogen-bond acceptors (Lipinski definition) is 3. The van der Waals surface area contributed by atoms with Crippen molar-refractivity contribution in [2.75, 3.05) is 0 Å². The summed E-state index contributed by atoms with van der Waals surface area (Å²) in [6, 6.07) is 7.84. The van der Waals surface area contributed by atoms with Gasteiger partial charge in [0.05, 0.1) is 12.1 Å². The van der Waals surface area contributed by atoms with Gasteiger partial charge in [-0.05, 0) is 17.7 Å².